The lowest BCUT2D eigenvalue weighted by Gasteiger charge is -2.27. The molecule has 0 radical (unpaired) electrons. The van der Waals surface area contributed by atoms with E-state index in [0.29, 0.717) is 47.2 Å². The van der Waals surface area contributed by atoms with Gasteiger partial charge in [0.1, 0.15) is 0 Å². The lowest BCUT2D eigenvalue weighted by atomic mass is 9.75. The summed E-state index contributed by atoms with van der Waals surface area (Å²) in [7, 11) is 0. The highest BCUT2D eigenvalue weighted by molar-refractivity contribution is 6.55. The van der Waals surface area contributed by atoms with Crippen LogP contribution in [0.1, 0.15) is 94.8 Å². The molecular formula is C48H38O8. The first-order chi connectivity index (χ1) is 27.3. The van der Waals surface area contributed by atoms with Gasteiger partial charge in [0.2, 0.25) is 0 Å². The van der Waals surface area contributed by atoms with Crippen LogP contribution in [0.2, 0.25) is 0 Å². The fourth-order valence-corrected chi connectivity index (χ4v) is 9.45. The van der Waals surface area contributed by atoms with Gasteiger partial charge in [-0.2, -0.15) is 0 Å². The molecule has 0 atom stereocenters. The van der Waals surface area contributed by atoms with Gasteiger partial charge in [-0.3, -0.25) is 0 Å². The molecule has 0 spiro atoms. The maximum atomic E-state index is 14.2. The van der Waals surface area contributed by atoms with E-state index in [4.69, 9.17) is 18.9 Å². The van der Waals surface area contributed by atoms with Crippen molar-refractivity contribution in [2.75, 3.05) is 26.4 Å². The van der Waals surface area contributed by atoms with Crippen LogP contribution >= 0.6 is 0 Å². The molecule has 0 aromatic heterocycles. The van der Waals surface area contributed by atoms with Crippen molar-refractivity contribution in [3.05, 3.63) is 82.9 Å². The van der Waals surface area contributed by atoms with E-state index in [1.165, 1.54) is 0 Å². The van der Waals surface area contributed by atoms with E-state index in [1.54, 1.807) is 0 Å². The third kappa shape index (κ3) is 4.41. The van der Waals surface area contributed by atoms with E-state index in [2.05, 4.69) is 12.1 Å². The average molecular weight is 743 g/mol. The van der Waals surface area contributed by atoms with Crippen LogP contribution < -0.4 is 0 Å². The Morgan fingerprint density at radius 1 is 0.339 bits per heavy atom. The molecule has 10 aromatic rings. The lowest BCUT2D eigenvalue weighted by Crippen LogP contribution is -2.17. The quantitative estimate of drug-likeness (QED) is 0.0527. The summed E-state index contributed by atoms with van der Waals surface area (Å²) in [5, 5.41) is 15.8. The Bertz CT molecular complexity index is 2790. The molecule has 8 heteroatoms. The maximum Gasteiger partial charge on any atom is 0.339 e. The number of esters is 4. The van der Waals surface area contributed by atoms with E-state index in [1.807, 2.05) is 76.2 Å². The van der Waals surface area contributed by atoms with Gasteiger partial charge in [-0.1, -0.05) is 76.2 Å². The first-order valence-corrected chi connectivity index (χ1v) is 19.7. The van der Waals surface area contributed by atoms with Crippen LogP contribution in [-0.2, 0) is 18.9 Å². The van der Waals surface area contributed by atoms with Crippen molar-refractivity contribution in [2.45, 2.75) is 53.4 Å². The summed E-state index contributed by atoms with van der Waals surface area (Å²) in [6.07, 6.45) is 2.51. The Balaban J connectivity index is 1.48. The second-order valence-corrected chi connectivity index (χ2v) is 14.9. The number of benzene rings is 10. The molecule has 0 fully saturated rings. The summed E-state index contributed by atoms with van der Waals surface area (Å²) < 4.78 is 23.2. The van der Waals surface area contributed by atoms with E-state index in [9.17, 15) is 19.2 Å². The van der Waals surface area contributed by atoms with E-state index in [0.717, 1.165) is 75.4 Å². The van der Waals surface area contributed by atoms with E-state index < -0.39 is 23.9 Å². The fraction of sp³-hybridized carbons (Fsp3) is 0.250. The number of carbonyl (C=O) groups is 4. The summed E-state index contributed by atoms with van der Waals surface area (Å²) >= 11 is 0. The van der Waals surface area contributed by atoms with Crippen molar-refractivity contribution in [1.82, 2.24) is 0 Å². The molecule has 8 nitrogen and oxygen atoms in total. The summed E-state index contributed by atoms with van der Waals surface area (Å²) in [5.74, 6) is -2.27. The number of ether oxygens (including phenoxy) is 4. The summed E-state index contributed by atoms with van der Waals surface area (Å²) in [4.78, 5) is 56.7. The highest BCUT2D eigenvalue weighted by Gasteiger charge is 2.35. The standard InChI is InChI=1S/C48H38O8/c1-5-17-53-45(49)39-27-13-9-23-21-25-11-15-29-37-33(25)43-31(23)35(27)36-28(40(39)46(50)54-18-6-2)14-10-24-22-26-12-16-30(38(37)34(26)44(43)32(24)36)42(48(52)56-20-8-4)41(29)47(51)55-19-7-3/h9-16,21-22H,5-8,17-20H2,1-4H3. The van der Waals surface area contributed by atoms with Gasteiger partial charge in [-0.05, 0) is 135 Å². The van der Waals surface area contributed by atoms with E-state index >= 15 is 0 Å². The molecule has 0 heterocycles. The fourth-order valence-electron chi connectivity index (χ4n) is 9.45. The van der Waals surface area contributed by atoms with Crippen molar-refractivity contribution in [3.8, 4) is 0 Å². The van der Waals surface area contributed by atoms with Gasteiger partial charge in [0.25, 0.3) is 0 Å². The van der Waals surface area contributed by atoms with Crippen molar-refractivity contribution in [3.63, 3.8) is 0 Å². The van der Waals surface area contributed by atoms with Crippen LogP contribution in [0.3, 0.4) is 0 Å². The van der Waals surface area contributed by atoms with Crippen LogP contribution in [-0.4, -0.2) is 50.3 Å². The van der Waals surface area contributed by atoms with Gasteiger partial charge < -0.3 is 18.9 Å². The van der Waals surface area contributed by atoms with E-state index in [-0.39, 0.29) is 48.7 Å². The second-order valence-electron chi connectivity index (χ2n) is 14.9. The minimum atomic E-state index is -0.567. The topological polar surface area (TPSA) is 105 Å². The van der Waals surface area contributed by atoms with Crippen molar-refractivity contribution in [2.24, 2.45) is 0 Å². The Morgan fingerprint density at radius 3 is 0.786 bits per heavy atom. The third-order valence-electron chi connectivity index (χ3n) is 11.5. The van der Waals surface area contributed by atoms with Crippen LogP contribution in [0.15, 0.2) is 60.7 Å². The molecular weight excluding hydrogens is 705 g/mol. The SMILES string of the molecule is CCCOC(=O)c1c(C(=O)OCCC)c2ccc3cc4ccc5c(C(=O)OCCC)c(C(=O)OCCC)c6ccc7cc8ccc1c1c8c8c7c6c5c4c8c3c21. The predicted octanol–water partition coefficient (Wildman–Crippen LogP) is 11.5. The number of hydrogen-bond donors (Lipinski definition) is 0. The molecule has 10 rings (SSSR count). The molecule has 0 aliphatic carbocycles. The Labute approximate surface area is 320 Å². The van der Waals surface area contributed by atoms with Gasteiger partial charge in [-0.15, -0.1) is 0 Å². The second kappa shape index (κ2) is 12.6. The summed E-state index contributed by atoms with van der Waals surface area (Å²) in [5.41, 5.74) is 0.807. The lowest BCUT2D eigenvalue weighted by molar-refractivity contribution is 0.0461. The molecule has 0 aliphatic rings. The largest absolute Gasteiger partial charge is 0.462 e. The average Bonchev–Trinajstić information content (AvgIpc) is 3.22. The normalized spacial score (nSPS) is 12.4. The van der Waals surface area contributed by atoms with Crippen molar-refractivity contribution < 1.29 is 38.1 Å². The van der Waals surface area contributed by atoms with Crippen LogP contribution in [0.5, 0.6) is 0 Å². The molecule has 278 valence electrons. The minimum Gasteiger partial charge on any atom is -0.462 e. The predicted molar refractivity (Wildman–Crippen MR) is 222 cm³/mol. The van der Waals surface area contributed by atoms with Crippen molar-refractivity contribution >= 4 is 121 Å². The summed E-state index contributed by atoms with van der Waals surface area (Å²) in [6, 6.07) is 20.1. The van der Waals surface area contributed by atoms with Gasteiger partial charge in [0, 0.05) is 0 Å². The highest BCUT2D eigenvalue weighted by atomic mass is 16.5. The summed E-state index contributed by atoms with van der Waals surface area (Å²) in [6.45, 7) is 8.57. The highest BCUT2D eigenvalue weighted by Crippen LogP contribution is 2.56. The van der Waals surface area contributed by atoms with Crippen LogP contribution in [0, 0.1) is 0 Å². The monoisotopic (exact) mass is 742 g/mol. The Hall–Kier alpha value is -6.28. The molecule has 10 aromatic carbocycles. The molecule has 0 saturated heterocycles. The van der Waals surface area contributed by atoms with Gasteiger partial charge in [-0.25, -0.2) is 19.2 Å². The van der Waals surface area contributed by atoms with Crippen LogP contribution in [0.25, 0.3) is 97.0 Å². The molecule has 0 saturated carbocycles. The third-order valence-corrected chi connectivity index (χ3v) is 11.5. The molecule has 0 amide bonds. The molecule has 0 bridgehead atoms. The molecule has 56 heavy (non-hydrogen) atoms. The zero-order valence-electron chi connectivity index (χ0n) is 31.7. The smallest absolute Gasteiger partial charge is 0.339 e. The van der Waals surface area contributed by atoms with Crippen LogP contribution in [0.4, 0.5) is 0 Å². The molecule has 0 aliphatic heterocycles. The first-order valence-electron chi connectivity index (χ1n) is 19.7. The Morgan fingerprint density at radius 2 is 0.571 bits per heavy atom. The van der Waals surface area contributed by atoms with Gasteiger partial charge >= 0.3 is 23.9 Å². The number of hydrogen-bond acceptors (Lipinski definition) is 8. The molecule has 0 N–H and O–H groups in total. The first kappa shape index (κ1) is 34.2. The number of rotatable bonds is 12. The number of carbonyl (C=O) groups excluding carboxylic acids is 4. The van der Waals surface area contributed by atoms with Gasteiger partial charge in [0.05, 0.1) is 48.7 Å². The van der Waals surface area contributed by atoms with Gasteiger partial charge in [0.15, 0.2) is 0 Å². The molecule has 0 unspecified atom stereocenters. The Kier molecular flexibility index (Phi) is 7.72. The maximum absolute atomic E-state index is 14.2. The van der Waals surface area contributed by atoms with Crippen molar-refractivity contribution in [1.29, 1.82) is 0 Å². The minimum absolute atomic E-state index is 0.202. The zero-order chi connectivity index (χ0) is 38.6. The zero-order valence-corrected chi connectivity index (χ0v) is 31.7.